The molecule has 0 amide bonds. The van der Waals surface area contributed by atoms with Gasteiger partial charge in [0.05, 0.1) is 11.1 Å². The number of carboxylic acids is 1. The molecule has 0 bridgehead atoms. The Balaban J connectivity index is 2.88. The predicted octanol–water partition coefficient (Wildman–Crippen LogP) is 3.00. The maximum Gasteiger partial charge on any atom is 0.336 e. The molecule has 0 aliphatic carbocycles. The molecule has 15 heavy (non-hydrogen) atoms. The zero-order valence-corrected chi connectivity index (χ0v) is 9.58. The lowest BCUT2D eigenvalue weighted by Crippen LogP contribution is -1.98. The fourth-order valence-corrected chi connectivity index (χ4v) is 1.90. The molecule has 0 saturated heterocycles. The second-order valence-corrected chi connectivity index (χ2v) is 4.10. The Morgan fingerprint density at radius 3 is 2.73 bits per heavy atom. The summed E-state index contributed by atoms with van der Waals surface area (Å²) in [6.07, 6.45) is 0. The number of hydrogen-bond donors (Lipinski definition) is 1. The molecule has 76 valence electrons. The number of fused-ring (bicyclic) bond motifs is 1. The molecule has 2 aromatic rings. The van der Waals surface area contributed by atoms with Gasteiger partial charge in [-0.1, -0.05) is 6.07 Å². The molecule has 1 aromatic carbocycles. The molecule has 0 radical (unpaired) electrons. The van der Waals surface area contributed by atoms with Crippen molar-refractivity contribution < 1.29 is 9.90 Å². The van der Waals surface area contributed by atoms with Crippen LogP contribution in [0.5, 0.6) is 0 Å². The van der Waals surface area contributed by atoms with Crippen molar-refractivity contribution in [3.05, 3.63) is 40.0 Å². The van der Waals surface area contributed by atoms with Crippen molar-refractivity contribution in [1.29, 1.82) is 0 Å². The van der Waals surface area contributed by atoms with Crippen LogP contribution in [0.15, 0.2) is 28.7 Å². The average molecular weight is 266 g/mol. The summed E-state index contributed by atoms with van der Waals surface area (Å²) in [5.74, 6) is -0.932. The number of pyridine rings is 1. The molecule has 3 nitrogen and oxygen atoms in total. The maximum atomic E-state index is 11.0. The van der Waals surface area contributed by atoms with Crippen LogP contribution in [0, 0.1) is 6.92 Å². The highest BCUT2D eigenvalue weighted by Crippen LogP contribution is 2.25. The number of hydrogen-bond acceptors (Lipinski definition) is 2. The Kier molecular flexibility index (Phi) is 2.44. The van der Waals surface area contributed by atoms with E-state index in [1.807, 2.05) is 6.92 Å². The van der Waals surface area contributed by atoms with E-state index in [9.17, 15) is 4.79 Å². The van der Waals surface area contributed by atoms with Gasteiger partial charge in [0.1, 0.15) is 0 Å². The number of nitrogens with zero attached hydrogens (tertiary/aromatic N) is 1. The molecule has 1 N–H and O–H groups in total. The van der Waals surface area contributed by atoms with Crippen molar-refractivity contribution in [3.63, 3.8) is 0 Å². The first-order chi connectivity index (χ1) is 7.09. The highest BCUT2D eigenvalue weighted by Gasteiger charge is 2.10. The molecule has 0 fully saturated rings. The van der Waals surface area contributed by atoms with E-state index in [2.05, 4.69) is 20.9 Å². The highest BCUT2D eigenvalue weighted by molar-refractivity contribution is 9.10. The summed E-state index contributed by atoms with van der Waals surface area (Å²) in [7, 11) is 0. The molecular formula is C11H8BrNO2. The van der Waals surface area contributed by atoms with Gasteiger partial charge in [-0.15, -0.1) is 0 Å². The Morgan fingerprint density at radius 2 is 2.07 bits per heavy atom. The van der Waals surface area contributed by atoms with Crippen LogP contribution < -0.4 is 0 Å². The van der Waals surface area contributed by atoms with E-state index in [0.29, 0.717) is 10.9 Å². The van der Waals surface area contributed by atoms with Gasteiger partial charge in [0.15, 0.2) is 0 Å². The van der Waals surface area contributed by atoms with Crippen molar-refractivity contribution in [3.8, 4) is 0 Å². The van der Waals surface area contributed by atoms with E-state index in [1.54, 1.807) is 24.3 Å². The topological polar surface area (TPSA) is 50.2 Å². The molecule has 1 aromatic heterocycles. The van der Waals surface area contributed by atoms with Crippen LogP contribution in [0.2, 0.25) is 0 Å². The number of carboxylic acid groups (broad SMARTS) is 1. The van der Waals surface area contributed by atoms with Crippen LogP contribution in [0.3, 0.4) is 0 Å². The van der Waals surface area contributed by atoms with E-state index in [4.69, 9.17) is 5.11 Å². The number of aryl methyl sites for hydroxylation is 1. The smallest absolute Gasteiger partial charge is 0.336 e. The first-order valence-electron chi connectivity index (χ1n) is 4.39. The second kappa shape index (κ2) is 3.62. The van der Waals surface area contributed by atoms with Gasteiger partial charge in [0.25, 0.3) is 0 Å². The van der Waals surface area contributed by atoms with E-state index in [-0.39, 0.29) is 5.56 Å². The van der Waals surface area contributed by atoms with E-state index >= 15 is 0 Å². The normalized spacial score (nSPS) is 10.5. The first-order valence-corrected chi connectivity index (χ1v) is 5.18. The van der Waals surface area contributed by atoms with Crippen molar-refractivity contribution in [2.75, 3.05) is 0 Å². The lowest BCUT2D eigenvalue weighted by molar-refractivity contribution is 0.0699. The number of halogens is 1. The zero-order chi connectivity index (χ0) is 11.0. The number of carbonyl (C=O) groups is 1. The SMILES string of the molecule is Cc1ccc2c(C(=O)O)ccc(Br)c2n1. The summed E-state index contributed by atoms with van der Waals surface area (Å²) < 4.78 is 0.811. The summed E-state index contributed by atoms with van der Waals surface area (Å²) in [6.45, 7) is 1.87. The molecule has 0 spiro atoms. The quantitative estimate of drug-likeness (QED) is 0.863. The van der Waals surface area contributed by atoms with Gasteiger partial charge in [-0.25, -0.2) is 4.79 Å². The minimum Gasteiger partial charge on any atom is -0.478 e. The Morgan fingerprint density at radius 1 is 1.33 bits per heavy atom. The largest absolute Gasteiger partial charge is 0.478 e. The maximum absolute atomic E-state index is 11.0. The molecule has 0 unspecified atom stereocenters. The molecule has 0 aliphatic rings. The molecule has 1 heterocycles. The molecule has 2 rings (SSSR count). The second-order valence-electron chi connectivity index (χ2n) is 3.25. The number of benzene rings is 1. The number of aromatic carboxylic acids is 1. The van der Waals surface area contributed by atoms with Crippen molar-refractivity contribution >= 4 is 32.8 Å². The standard InChI is InChI=1S/C11H8BrNO2/c1-6-2-3-7-8(11(14)15)4-5-9(12)10(7)13-6/h2-5H,1H3,(H,14,15). The fourth-order valence-electron chi connectivity index (χ4n) is 1.47. The first kappa shape index (κ1) is 10.1. The van der Waals surface area contributed by atoms with Crippen molar-refractivity contribution in [2.24, 2.45) is 0 Å². The van der Waals surface area contributed by atoms with Crippen LogP contribution in [-0.2, 0) is 0 Å². The zero-order valence-electron chi connectivity index (χ0n) is 7.99. The van der Waals surface area contributed by atoms with Gasteiger partial charge in [0.2, 0.25) is 0 Å². The molecule has 0 atom stereocenters. The molecule has 4 heteroatoms. The minimum atomic E-state index is -0.932. The molecule has 0 saturated carbocycles. The Hall–Kier alpha value is -1.42. The van der Waals surface area contributed by atoms with Crippen molar-refractivity contribution in [2.45, 2.75) is 6.92 Å². The molecule has 0 aliphatic heterocycles. The van der Waals surface area contributed by atoms with E-state index in [1.165, 1.54) is 0 Å². The van der Waals surface area contributed by atoms with Crippen LogP contribution >= 0.6 is 15.9 Å². The summed E-state index contributed by atoms with van der Waals surface area (Å²) in [4.78, 5) is 15.3. The summed E-state index contributed by atoms with van der Waals surface area (Å²) >= 11 is 3.36. The van der Waals surface area contributed by atoms with Crippen LogP contribution in [0.1, 0.15) is 16.1 Å². The Bertz CT molecular complexity index is 552. The fraction of sp³-hybridized carbons (Fsp3) is 0.0909. The summed E-state index contributed by atoms with van der Waals surface area (Å²) in [5.41, 5.74) is 1.83. The van der Waals surface area contributed by atoms with Crippen LogP contribution in [0.25, 0.3) is 10.9 Å². The van der Waals surface area contributed by atoms with Gasteiger partial charge in [-0.2, -0.15) is 0 Å². The summed E-state index contributed by atoms with van der Waals surface area (Å²) in [5, 5.41) is 9.66. The monoisotopic (exact) mass is 265 g/mol. The van der Waals surface area contributed by atoms with Gasteiger partial charge in [-0.05, 0) is 41.1 Å². The van der Waals surface area contributed by atoms with Crippen molar-refractivity contribution in [1.82, 2.24) is 4.98 Å². The summed E-state index contributed by atoms with van der Waals surface area (Å²) in [6, 6.07) is 6.87. The number of rotatable bonds is 1. The predicted molar refractivity (Wildman–Crippen MR) is 61.1 cm³/mol. The van der Waals surface area contributed by atoms with Gasteiger partial charge >= 0.3 is 5.97 Å². The van der Waals surface area contributed by atoms with Gasteiger partial charge in [-0.3, -0.25) is 4.98 Å². The van der Waals surface area contributed by atoms with Gasteiger partial charge in [0, 0.05) is 15.6 Å². The van der Waals surface area contributed by atoms with Crippen LogP contribution in [-0.4, -0.2) is 16.1 Å². The number of aromatic nitrogens is 1. The van der Waals surface area contributed by atoms with E-state index in [0.717, 1.165) is 10.2 Å². The minimum absolute atomic E-state index is 0.278. The third-order valence-electron chi connectivity index (χ3n) is 2.18. The lowest BCUT2D eigenvalue weighted by Gasteiger charge is -2.04. The average Bonchev–Trinajstić information content (AvgIpc) is 2.19. The Labute approximate surface area is 94.9 Å². The highest BCUT2D eigenvalue weighted by atomic mass is 79.9. The molecular weight excluding hydrogens is 258 g/mol. The van der Waals surface area contributed by atoms with Crippen LogP contribution in [0.4, 0.5) is 0 Å². The van der Waals surface area contributed by atoms with Gasteiger partial charge < -0.3 is 5.11 Å². The third-order valence-corrected chi connectivity index (χ3v) is 2.82. The lowest BCUT2D eigenvalue weighted by atomic mass is 10.1. The third kappa shape index (κ3) is 1.72. The van der Waals surface area contributed by atoms with E-state index < -0.39 is 5.97 Å².